The van der Waals surface area contributed by atoms with Crippen LogP contribution in [-0.2, 0) is 4.79 Å². The fraction of sp³-hybridized carbons (Fsp3) is 0.364. The highest BCUT2D eigenvalue weighted by molar-refractivity contribution is 7.23. The molecule has 3 rings (SSSR count). The maximum atomic E-state index is 13.1. The average Bonchev–Trinajstić information content (AvgIpc) is 3.21. The molecule has 1 amide bonds. The summed E-state index contributed by atoms with van der Waals surface area (Å²) in [4.78, 5) is 21.5. The van der Waals surface area contributed by atoms with Crippen LogP contribution >= 0.6 is 35.3 Å². The Morgan fingerprint density at radius 3 is 2.34 bits per heavy atom. The zero-order chi connectivity index (χ0) is 22.4. The van der Waals surface area contributed by atoms with E-state index in [4.69, 9.17) is 25.8 Å². The largest absolute Gasteiger partial charge is 0.497 e. The molecule has 0 saturated carbocycles. The summed E-state index contributed by atoms with van der Waals surface area (Å²) < 4.78 is 17.1. The lowest BCUT2D eigenvalue weighted by Crippen LogP contribution is -2.36. The first kappa shape index (κ1) is 26.0. The van der Waals surface area contributed by atoms with Gasteiger partial charge in [-0.2, -0.15) is 0 Å². The van der Waals surface area contributed by atoms with Gasteiger partial charge in [0.25, 0.3) is 5.91 Å². The van der Waals surface area contributed by atoms with Crippen molar-refractivity contribution in [3.05, 3.63) is 41.4 Å². The maximum Gasteiger partial charge on any atom is 0.266 e. The van der Waals surface area contributed by atoms with Crippen LogP contribution in [0.3, 0.4) is 0 Å². The lowest BCUT2D eigenvalue weighted by atomic mass is 10.3. The van der Waals surface area contributed by atoms with Gasteiger partial charge in [0.05, 0.1) is 23.9 Å². The van der Waals surface area contributed by atoms with Crippen molar-refractivity contribution >= 4 is 56.6 Å². The molecule has 0 saturated heterocycles. The Morgan fingerprint density at radius 2 is 1.72 bits per heavy atom. The van der Waals surface area contributed by atoms with Gasteiger partial charge in [-0.15, -0.1) is 12.4 Å². The summed E-state index contributed by atoms with van der Waals surface area (Å²) in [6, 6.07) is 10.7. The number of aromatic nitrogens is 1. The Balaban J connectivity index is 0.00000363. The number of fused-ring (bicyclic) bond motifs is 1. The topological polar surface area (TPSA) is 64.1 Å². The molecular weight excluding hydrogens is 473 g/mol. The van der Waals surface area contributed by atoms with Gasteiger partial charge in [0, 0.05) is 6.54 Å². The molecule has 1 heterocycles. The predicted octanol–water partition coefficient (Wildman–Crippen LogP) is 4.75. The number of carbonyl (C=O) groups is 1. The third-order valence-corrected chi connectivity index (χ3v) is 6.15. The molecule has 0 radical (unpaired) electrons. The third kappa shape index (κ3) is 6.38. The number of anilines is 1. The van der Waals surface area contributed by atoms with Gasteiger partial charge in [-0.25, -0.2) is 4.98 Å². The van der Waals surface area contributed by atoms with Crippen molar-refractivity contribution in [2.24, 2.45) is 0 Å². The minimum absolute atomic E-state index is 0. The summed E-state index contributed by atoms with van der Waals surface area (Å²) in [5, 5.41) is 1.15. The van der Waals surface area contributed by atoms with Gasteiger partial charge in [-0.3, -0.25) is 9.69 Å². The van der Waals surface area contributed by atoms with Gasteiger partial charge in [0.15, 0.2) is 11.7 Å². The zero-order valence-corrected chi connectivity index (χ0v) is 20.9. The minimum atomic E-state index is -0.177. The Hall–Kier alpha value is -2.26. The number of carbonyl (C=O) groups excluding carboxylic acids is 1. The molecule has 32 heavy (non-hydrogen) atoms. The second kappa shape index (κ2) is 12.1. The number of rotatable bonds is 10. The molecule has 10 heteroatoms. The number of thiazole rings is 1. The molecule has 0 atom stereocenters. The van der Waals surface area contributed by atoms with E-state index < -0.39 is 0 Å². The zero-order valence-electron chi connectivity index (χ0n) is 18.5. The van der Waals surface area contributed by atoms with Crippen LogP contribution in [-0.4, -0.2) is 63.8 Å². The fourth-order valence-electron chi connectivity index (χ4n) is 2.99. The smallest absolute Gasteiger partial charge is 0.266 e. The van der Waals surface area contributed by atoms with Crippen molar-refractivity contribution in [1.29, 1.82) is 0 Å². The molecule has 3 aromatic rings. The third-order valence-electron chi connectivity index (χ3n) is 4.61. The van der Waals surface area contributed by atoms with E-state index in [0.29, 0.717) is 33.7 Å². The van der Waals surface area contributed by atoms with E-state index in [2.05, 4.69) is 9.88 Å². The van der Waals surface area contributed by atoms with E-state index in [9.17, 15) is 4.79 Å². The van der Waals surface area contributed by atoms with Crippen LogP contribution in [0.1, 0.15) is 6.42 Å². The van der Waals surface area contributed by atoms with E-state index in [0.717, 1.165) is 23.4 Å². The number of hydrogen-bond acceptors (Lipinski definition) is 7. The summed E-state index contributed by atoms with van der Waals surface area (Å²) in [6.07, 6.45) is 0.794. The van der Waals surface area contributed by atoms with Gasteiger partial charge in [0.1, 0.15) is 22.8 Å². The number of methoxy groups -OCH3 is 2. The highest BCUT2D eigenvalue weighted by atomic mass is 35.5. The number of amides is 1. The molecule has 0 N–H and O–H groups in total. The molecule has 0 aliphatic carbocycles. The van der Waals surface area contributed by atoms with Crippen molar-refractivity contribution in [2.75, 3.05) is 52.9 Å². The van der Waals surface area contributed by atoms with Crippen molar-refractivity contribution < 1.29 is 19.0 Å². The molecule has 0 bridgehead atoms. The van der Waals surface area contributed by atoms with Crippen LogP contribution in [0, 0.1) is 0 Å². The summed E-state index contributed by atoms with van der Waals surface area (Å²) in [5.41, 5.74) is 0.650. The number of nitrogens with zero attached hydrogens (tertiary/aromatic N) is 3. The number of ether oxygens (including phenoxy) is 3. The first-order valence-corrected chi connectivity index (χ1v) is 11.0. The highest BCUT2D eigenvalue weighted by Gasteiger charge is 2.22. The van der Waals surface area contributed by atoms with Gasteiger partial charge in [0.2, 0.25) is 0 Å². The summed E-state index contributed by atoms with van der Waals surface area (Å²) in [6.45, 7) is 1.26. The van der Waals surface area contributed by atoms with Gasteiger partial charge in [-0.05, 0) is 63.5 Å². The monoisotopic (exact) mass is 499 g/mol. The minimum Gasteiger partial charge on any atom is -0.497 e. The van der Waals surface area contributed by atoms with Gasteiger partial charge < -0.3 is 19.1 Å². The molecule has 0 aliphatic rings. The number of halogens is 2. The fourth-order valence-corrected chi connectivity index (χ4v) is 4.29. The summed E-state index contributed by atoms with van der Waals surface area (Å²) in [5.74, 6) is 1.77. The van der Waals surface area contributed by atoms with Crippen LogP contribution in [0.5, 0.6) is 17.2 Å². The van der Waals surface area contributed by atoms with Crippen LogP contribution < -0.4 is 19.1 Å². The van der Waals surface area contributed by atoms with Crippen molar-refractivity contribution in [3.8, 4) is 17.2 Å². The molecule has 2 aromatic carbocycles. The molecule has 1 aromatic heterocycles. The normalized spacial score (nSPS) is 10.7. The molecule has 0 aliphatic heterocycles. The van der Waals surface area contributed by atoms with E-state index in [1.54, 1.807) is 55.5 Å². The predicted molar refractivity (Wildman–Crippen MR) is 132 cm³/mol. The van der Waals surface area contributed by atoms with Crippen molar-refractivity contribution in [2.45, 2.75) is 6.42 Å². The van der Waals surface area contributed by atoms with Gasteiger partial charge in [-0.1, -0.05) is 22.9 Å². The molecule has 7 nitrogen and oxygen atoms in total. The average molecular weight is 500 g/mol. The van der Waals surface area contributed by atoms with Crippen LogP contribution in [0.15, 0.2) is 36.4 Å². The Kier molecular flexibility index (Phi) is 9.84. The van der Waals surface area contributed by atoms with Crippen molar-refractivity contribution in [1.82, 2.24) is 9.88 Å². The molecule has 0 fully saturated rings. The SMILES string of the molecule is COc1ccc(OCC(=O)N(CCCN(C)C)c2nc3c(OC)ccc(Cl)c3s2)cc1.Cl. The maximum absolute atomic E-state index is 13.1. The summed E-state index contributed by atoms with van der Waals surface area (Å²) in [7, 11) is 7.19. The van der Waals surface area contributed by atoms with E-state index in [-0.39, 0.29) is 24.9 Å². The molecule has 0 spiro atoms. The van der Waals surface area contributed by atoms with Crippen molar-refractivity contribution in [3.63, 3.8) is 0 Å². The first-order valence-electron chi connectivity index (χ1n) is 9.78. The number of benzene rings is 2. The van der Waals surface area contributed by atoms with E-state index in [1.165, 1.54) is 11.3 Å². The van der Waals surface area contributed by atoms with Crippen LogP contribution in [0.25, 0.3) is 10.2 Å². The second-order valence-corrected chi connectivity index (χ2v) is 8.47. The molecule has 174 valence electrons. The van der Waals surface area contributed by atoms with Crippen LogP contribution in [0.4, 0.5) is 5.13 Å². The number of hydrogen-bond donors (Lipinski definition) is 0. The lowest BCUT2D eigenvalue weighted by Gasteiger charge is -2.21. The van der Waals surface area contributed by atoms with Crippen LogP contribution in [0.2, 0.25) is 5.02 Å². The standard InChI is InChI=1S/C22H26ClN3O4S.ClH/c1-25(2)12-5-13-26(19(27)14-30-16-8-6-15(28-3)7-9-16)22-24-20-18(29-4)11-10-17(23)21(20)31-22;/h6-11H,5,12-14H2,1-4H3;1H. The Morgan fingerprint density at radius 1 is 1.03 bits per heavy atom. The molecule has 0 unspecified atom stereocenters. The summed E-state index contributed by atoms with van der Waals surface area (Å²) >= 11 is 7.74. The second-order valence-electron chi connectivity index (χ2n) is 7.09. The molecular formula is C22H27Cl2N3O4S. The lowest BCUT2D eigenvalue weighted by molar-refractivity contribution is -0.120. The Labute approximate surface area is 203 Å². The van der Waals surface area contributed by atoms with E-state index in [1.807, 2.05) is 14.1 Å². The van der Waals surface area contributed by atoms with Gasteiger partial charge >= 0.3 is 0 Å². The highest BCUT2D eigenvalue weighted by Crippen LogP contribution is 2.38. The van der Waals surface area contributed by atoms with E-state index >= 15 is 0 Å². The first-order chi connectivity index (χ1) is 14.9. The Bertz CT molecular complexity index is 1030. The quantitative estimate of drug-likeness (QED) is 0.400.